The molecule has 0 radical (unpaired) electrons. The van der Waals surface area contributed by atoms with Crippen LogP contribution in [0.15, 0.2) is 0 Å². The Balaban J connectivity index is 2.82. The van der Waals surface area contributed by atoms with Gasteiger partial charge in [-0.05, 0) is 6.16 Å². The molecule has 3 heteroatoms. The van der Waals surface area contributed by atoms with Crippen LogP contribution >= 0.6 is 8.58 Å². The second-order valence-corrected chi connectivity index (χ2v) is 2.71. The number of aliphatic carboxylic acids is 1. The molecule has 7 heavy (non-hydrogen) atoms. The number of carbonyl (C=O) groups excluding carboxylic acids is 1. The zero-order chi connectivity index (χ0) is 5.70. The highest BCUT2D eigenvalue weighted by Gasteiger charge is 1.79. The first-order valence-electron chi connectivity index (χ1n) is 2.18. The summed E-state index contributed by atoms with van der Waals surface area (Å²) in [6.45, 7) is 1.96. The van der Waals surface area contributed by atoms with Crippen molar-refractivity contribution in [1.29, 1.82) is 0 Å². The molecule has 0 amide bonds. The van der Waals surface area contributed by atoms with Crippen molar-refractivity contribution < 1.29 is 9.90 Å². The number of carbonyl (C=O) groups is 1. The van der Waals surface area contributed by atoms with Crippen molar-refractivity contribution in [2.24, 2.45) is 0 Å². The first-order chi connectivity index (χ1) is 3.27. The largest absolute Gasteiger partial charge is 0.550 e. The number of carboxylic acids is 1. The van der Waals surface area contributed by atoms with Crippen LogP contribution in [0.1, 0.15) is 6.92 Å². The summed E-state index contributed by atoms with van der Waals surface area (Å²) < 4.78 is 0. The number of carboxylic acid groups (broad SMARTS) is 1. The van der Waals surface area contributed by atoms with Crippen molar-refractivity contribution in [1.82, 2.24) is 0 Å². The monoisotopic (exact) mass is 119 g/mol. The Hall–Kier alpha value is -0.100. The van der Waals surface area contributed by atoms with Crippen LogP contribution in [0.4, 0.5) is 0 Å². The Labute approximate surface area is 44.7 Å². The van der Waals surface area contributed by atoms with Crippen molar-refractivity contribution in [2.45, 2.75) is 6.92 Å². The summed E-state index contributed by atoms with van der Waals surface area (Å²) in [6, 6.07) is 0. The molecule has 0 aromatic rings. The van der Waals surface area contributed by atoms with Gasteiger partial charge in [0.05, 0.1) is 0 Å². The third kappa shape index (κ3) is 5.90. The highest BCUT2D eigenvalue weighted by molar-refractivity contribution is 7.39. The van der Waals surface area contributed by atoms with E-state index in [-0.39, 0.29) is 6.16 Å². The summed E-state index contributed by atoms with van der Waals surface area (Å²) in [5.41, 5.74) is 0. The molecular weight excluding hydrogens is 111 g/mol. The van der Waals surface area contributed by atoms with Crippen molar-refractivity contribution in [3.8, 4) is 0 Å². The molecule has 1 atom stereocenters. The van der Waals surface area contributed by atoms with Crippen molar-refractivity contribution in [2.75, 3.05) is 12.3 Å². The number of hydrogen-bond donors (Lipinski definition) is 0. The predicted molar refractivity (Wildman–Crippen MR) is 28.7 cm³/mol. The van der Waals surface area contributed by atoms with E-state index in [9.17, 15) is 9.90 Å². The van der Waals surface area contributed by atoms with E-state index in [4.69, 9.17) is 0 Å². The highest BCUT2D eigenvalue weighted by Crippen LogP contribution is 2.04. The average Bonchev–Trinajstić information content (AvgIpc) is 1.61. The summed E-state index contributed by atoms with van der Waals surface area (Å²) in [6.07, 6.45) is 1.18. The Kier molecular flexibility index (Phi) is 4.01. The van der Waals surface area contributed by atoms with Crippen LogP contribution in [-0.4, -0.2) is 18.3 Å². The lowest BCUT2D eigenvalue weighted by molar-refractivity contribution is -0.301. The molecule has 0 spiro atoms. The molecule has 0 fully saturated rings. The van der Waals surface area contributed by atoms with Gasteiger partial charge in [-0.3, -0.25) is 0 Å². The molecule has 0 aliphatic carbocycles. The summed E-state index contributed by atoms with van der Waals surface area (Å²) in [7, 11) is 0.533. The van der Waals surface area contributed by atoms with Crippen LogP contribution in [0, 0.1) is 0 Å². The molecule has 0 aliphatic rings. The van der Waals surface area contributed by atoms with E-state index in [1.807, 2.05) is 6.92 Å². The molecule has 0 bridgehead atoms. The maximum atomic E-state index is 9.65. The van der Waals surface area contributed by atoms with Gasteiger partial charge >= 0.3 is 0 Å². The third-order valence-corrected chi connectivity index (χ3v) is 1.56. The smallest absolute Gasteiger partial charge is 0.0454 e. The van der Waals surface area contributed by atoms with Crippen LogP contribution in [0.5, 0.6) is 0 Å². The molecule has 2 nitrogen and oxygen atoms in total. The molecule has 0 N–H and O–H groups in total. The van der Waals surface area contributed by atoms with Gasteiger partial charge in [0.2, 0.25) is 0 Å². The summed E-state index contributed by atoms with van der Waals surface area (Å²) >= 11 is 0. The molecule has 0 heterocycles. The molecule has 0 aromatic carbocycles. The normalized spacial score (nSPS) is 10.4. The number of rotatable bonds is 3. The van der Waals surface area contributed by atoms with E-state index in [0.717, 1.165) is 6.16 Å². The van der Waals surface area contributed by atoms with Crippen LogP contribution < -0.4 is 5.11 Å². The molecule has 0 saturated carbocycles. The van der Waals surface area contributed by atoms with E-state index in [2.05, 4.69) is 0 Å². The van der Waals surface area contributed by atoms with Gasteiger partial charge in [0.1, 0.15) is 0 Å². The summed E-state index contributed by atoms with van der Waals surface area (Å²) in [5.74, 6) is -0.930. The van der Waals surface area contributed by atoms with E-state index in [1.54, 1.807) is 0 Å². The third-order valence-electron chi connectivity index (χ3n) is 0.519. The standard InChI is InChI=1S/C4H9O2P/c1-2-7-3-4(5)6/h7H,2-3H2,1H3,(H,5,6)/p-1. The minimum atomic E-state index is -0.930. The van der Waals surface area contributed by atoms with E-state index >= 15 is 0 Å². The lowest BCUT2D eigenvalue weighted by Crippen LogP contribution is -2.23. The van der Waals surface area contributed by atoms with Crippen molar-refractivity contribution >= 4 is 14.6 Å². The SMILES string of the molecule is CCPCC(=O)[O-]. The average molecular weight is 119 g/mol. The van der Waals surface area contributed by atoms with Gasteiger partial charge in [0.25, 0.3) is 0 Å². The predicted octanol–water partition coefficient (Wildman–Crippen LogP) is -0.565. The fourth-order valence-electron chi connectivity index (χ4n) is 0.227. The molecule has 0 aromatic heterocycles. The Morgan fingerprint density at radius 1 is 1.86 bits per heavy atom. The quantitative estimate of drug-likeness (QED) is 0.467. The fraction of sp³-hybridized carbons (Fsp3) is 0.750. The Morgan fingerprint density at radius 2 is 2.43 bits per heavy atom. The molecular formula is C4H8O2P-. The van der Waals surface area contributed by atoms with Crippen LogP contribution in [0.2, 0.25) is 0 Å². The zero-order valence-electron chi connectivity index (χ0n) is 4.23. The maximum Gasteiger partial charge on any atom is 0.0454 e. The molecule has 1 unspecified atom stereocenters. The van der Waals surface area contributed by atoms with Gasteiger partial charge < -0.3 is 9.90 Å². The first kappa shape index (κ1) is 6.90. The second-order valence-electron chi connectivity index (χ2n) is 1.15. The van der Waals surface area contributed by atoms with Crippen molar-refractivity contribution in [3.05, 3.63) is 0 Å². The van der Waals surface area contributed by atoms with Crippen LogP contribution in [0.3, 0.4) is 0 Å². The van der Waals surface area contributed by atoms with E-state index in [0.29, 0.717) is 8.58 Å². The lowest BCUT2D eigenvalue weighted by atomic mass is 10.8. The minimum absolute atomic E-state index is 0.233. The van der Waals surface area contributed by atoms with Gasteiger partial charge in [-0.1, -0.05) is 6.92 Å². The van der Waals surface area contributed by atoms with Crippen molar-refractivity contribution in [3.63, 3.8) is 0 Å². The molecule has 0 rings (SSSR count). The maximum absolute atomic E-state index is 9.65. The Morgan fingerprint density at radius 3 is 2.57 bits per heavy atom. The molecule has 42 valence electrons. The van der Waals surface area contributed by atoms with E-state index in [1.165, 1.54) is 0 Å². The zero-order valence-corrected chi connectivity index (χ0v) is 5.23. The number of hydrogen-bond acceptors (Lipinski definition) is 2. The summed E-state index contributed by atoms with van der Waals surface area (Å²) in [4.78, 5) is 9.65. The highest BCUT2D eigenvalue weighted by atomic mass is 31.1. The van der Waals surface area contributed by atoms with Crippen LogP contribution in [0.25, 0.3) is 0 Å². The topological polar surface area (TPSA) is 40.1 Å². The van der Waals surface area contributed by atoms with Gasteiger partial charge in [0, 0.05) is 12.1 Å². The minimum Gasteiger partial charge on any atom is -0.550 e. The van der Waals surface area contributed by atoms with Gasteiger partial charge in [-0.2, -0.15) is 0 Å². The van der Waals surface area contributed by atoms with Gasteiger partial charge in [-0.15, -0.1) is 8.58 Å². The van der Waals surface area contributed by atoms with Crippen LogP contribution in [-0.2, 0) is 4.79 Å². The summed E-state index contributed by atoms with van der Waals surface area (Å²) in [5, 5.41) is 9.65. The second kappa shape index (κ2) is 4.07. The molecule has 0 aliphatic heterocycles. The first-order valence-corrected chi connectivity index (χ1v) is 3.59. The van der Waals surface area contributed by atoms with Gasteiger partial charge in [0.15, 0.2) is 0 Å². The van der Waals surface area contributed by atoms with E-state index < -0.39 is 5.97 Å². The molecule has 0 saturated heterocycles. The Bertz CT molecular complexity index is 62.7. The lowest BCUT2D eigenvalue weighted by Gasteiger charge is -1.96. The fourth-order valence-corrected chi connectivity index (χ4v) is 0.681. The van der Waals surface area contributed by atoms with Gasteiger partial charge in [-0.25, -0.2) is 0 Å².